The highest BCUT2D eigenvalue weighted by Gasteiger charge is 2.20. The van der Waals surface area contributed by atoms with Crippen LogP contribution < -0.4 is 0 Å². The molecule has 0 N–H and O–H groups in total. The van der Waals surface area contributed by atoms with Gasteiger partial charge in [-0.1, -0.05) is 97.1 Å². The lowest BCUT2D eigenvalue weighted by Gasteiger charge is -2.08. The van der Waals surface area contributed by atoms with Crippen LogP contribution in [-0.4, -0.2) is 19.5 Å². The van der Waals surface area contributed by atoms with E-state index in [0.29, 0.717) is 17.5 Å². The van der Waals surface area contributed by atoms with E-state index >= 15 is 0 Å². The molecule has 8 aromatic rings. The Kier molecular flexibility index (Phi) is 5.07. The zero-order valence-corrected chi connectivity index (χ0v) is 21.4. The highest BCUT2D eigenvalue weighted by atomic mass is 16.3. The summed E-state index contributed by atoms with van der Waals surface area (Å²) in [7, 11) is 0. The van der Waals surface area contributed by atoms with Gasteiger partial charge in [-0.05, 0) is 36.4 Å². The molecule has 0 saturated heterocycles. The van der Waals surface area contributed by atoms with Crippen LogP contribution in [-0.2, 0) is 0 Å². The highest BCUT2D eigenvalue weighted by molar-refractivity contribution is 6.20. The summed E-state index contributed by atoms with van der Waals surface area (Å²) in [5.41, 5.74) is 6.61. The Morgan fingerprint density at radius 3 is 1.68 bits per heavy atom. The Labute approximate surface area is 230 Å². The first kappa shape index (κ1) is 22.4. The number of nitrogens with zero attached hydrogens (tertiary/aromatic N) is 4. The lowest BCUT2D eigenvalue weighted by atomic mass is 10.1. The van der Waals surface area contributed by atoms with Crippen LogP contribution in [0.5, 0.6) is 0 Å². The first-order valence-corrected chi connectivity index (χ1v) is 13.2. The maximum Gasteiger partial charge on any atom is 0.213 e. The van der Waals surface area contributed by atoms with E-state index in [1.165, 1.54) is 0 Å². The summed E-state index contributed by atoms with van der Waals surface area (Å²) >= 11 is 0. The summed E-state index contributed by atoms with van der Waals surface area (Å²) in [6, 6.07) is 45.0. The predicted octanol–water partition coefficient (Wildman–Crippen LogP) is 8.72. The van der Waals surface area contributed by atoms with Gasteiger partial charge in [-0.2, -0.15) is 0 Å². The zero-order chi connectivity index (χ0) is 26.5. The number of aromatic nitrogens is 4. The monoisotopic (exact) mass is 514 g/mol. The molecule has 0 saturated carbocycles. The topological polar surface area (TPSA) is 56.7 Å². The molecule has 5 heteroatoms. The summed E-state index contributed by atoms with van der Waals surface area (Å²) in [5, 5.41) is 3.25. The van der Waals surface area contributed by atoms with Crippen molar-refractivity contribution in [1.82, 2.24) is 19.5 Å². The molecule has 0 atom stereocenters. The summed E-state index contributed by atoms with van der Waals surface area (Å²) < 4.78 is 8.70. The molecule has 0 aliphatic carbocycles. The Morgan fingerprint density at radius 1 is 0.475 bits per heavy atom. The third kappa shape index (κ3) is 3.60. The summed E-state index contributed by atoms with van der Waals surface area (Å²) in [4.78, 5) is 14.7. The van der Waals surface area contributed by atoms with Crippen LogP contribution >= 0.6 is 0 Å². The van der Waals surface area contributed by atoms with Crippen molar-refractivity contribution in [3.8, 4) is 39.9 Å². The van der Waals surface area contributed by atoms with Crippen molar-refractivity contribution < 1.29 is 4.42 Å². The van der Waals surface area contributed by atoms with Crippen molar-refractivity contribution in [2.45, 2.75) is 0 Å². The molecule has 3 aromatic heterocycles. The van der Waals surface area contributed by atoms with Gasteiger partial charge in [0, 0.05) is 33.2 Å². The number of rotatable bonds is 4. The van der Waals surface area contributed by atoms with Gasteiger partial charge in [-0.3, -0.25) is 4.57 Å². The number of benzene rings is 5. The molecule has 5 aromatic carbocycles. The van der Waals surface area contributed by atoms with Crippen molar-refractivity contribution >= 4 is 33.0 Å². The molecule has 0 aliphatic rings. The second-order valence-corrected chi connectivity index (χ2v) is 9.72. The van der Waals surface area contributed by atoms with E-state index in [9.17, 15) is 0 Å². The van der Waals surface area contributed by atoms with Crippen molar-refractivity contribution in [1.29, 1.82) is 0 Å². The van der Waals surface area contributed by atoms with Crippen LogP contribution in [0.2, 0.25) is 0 Å². The minimum Gasteiger partial charge on any atom is -0.439 e. The molecule has 0 unspecified atom stereocenters. The average Bonchev–Trinajstić information content (AvgIpc) is 3.56. The summed E-state index contributed by atoms with van der Waals surface area (Å²) in [6.45, 7) is 0. The van der Waals surface area contributed by atoms with E-state index in [0.717, 1.165) is 55.3 Å². The standard InChI is InChI=1S/C35H22N4O/c1-4-12-23(13-5-1)32-36-33(24-14-6-2-7-15-24)38-34(37-32)25-20-21-30-28(22-25)31-27-18-10-11-19-29(27)39(35(31)40-30)26-16-8-3-9-17-26/h1-22H. The number of hydrogen-bond donors (Lipinski definition) is 0. The largest absolute Gasteiger partial charge is 0.439 e. The Balaban J connectivity index is 1.38. The van der Waals surface area contributed by atoms with Gasteiger partial charge < -0.3 is 4.42 Å². The second-order valence-electron chi connectivity index (χ2n) is 9.72. The smallest absolute Gasteiger partial charge is 0.213 e. The second kappa shape index (κ2) is 9.03. The number of hydrogen-bond acceptors (Lipinski definition) is 4. The average molecular weight is 515 g/mol. The zero-order valence-electron chi connectivity index (χ0n) is 21.4. The molecule has 0 radical (unpaired) electrons. The van der Waals surface area contributed by atoms with Crippen molar-refractivity contribution in [2.24, 2.45) is 0 Å². The molecule has 0 aliphatic heterocycles. The quantitative estimate of drug-likeness (QED) is 0.236. The molecule has 40 heavy (non-hydrogen) atoms. The van der Waals surface area contributed by atoms with Gasteiger partial charge in [0.25, 0.3) is 0 Å². The molecule has 0 fully saturated rings. The fraction of sp³-hybridized carbons (Fsp3) is 0. The van der Waals surface area contributed by atoms with E-state index in [1.54, 1.807) is 0 Å². The van der Waals surface area contributed by atoms with E-state index < -0.39 is 0 Å². The van der Waals surface area contributed by atoms with Crippen molar-refractivity contribution in [3.63, 3.8) is 0 Å². The third-order valence-corrected chi connectivity index (χ3v) is 7.26. The molecule has 0 amide bonds. The first-order chi connectivity index (χ1) is 19.8. The molecular formula is C35H22N4O. The van der Waals surface area contributed by atoms with Crippen LogP contribution in [0.1, 0.15) is 0 Å². The van der Waals surface area contributed by atoms with Crippen LogP contribution in [0.4, 0.5) is 0 Å². The first-order valence-electron chi connectivity index (χ1n) is 13.2. The van der Waals surface area contributed by atoms with E-state index in [-0.39, 0.29) is 0 Å². The normalized spacial score (nSPS) is 11.5. The van der Waals surface area contributed by atoms with Crippen LogP contribution in [0, 0.1) is 0 Å². The summed E-state index contributed by atoms with van der Waals surface area (Å²) in [5.74, 6) is 1.90. The van der Waals surface area contributed by atoms with Crippen molar-refractivity contribution in [3.05, 3.63) is 133 Å². The van der Waals surface area contributed by atoms with Gasteiger partial charge in [-0.15, -0.1) is 0 Å². The number of furan rings is 1. The Morgan fingerprint density at radius 2 is 1.02 bits per heavy atom. The lowest BCUT2D eigenvalue weighted by Crippen LogP contribution is -2.00. The van der Waals surface area contributed by atoms with Gasteiger partial charge in [0.2, 0.25) is 5.71 Å². The maximum atomic E-state index is 6.51. The molecule has 8 rings (SSSR count). The van der Waals surface area contributed by atoms with E-state index in [4.69, 9.17) is 19.4 Å². The molecule has 188 valence electrons. The van der Waals surface area contributed by atoms with E-state index in [2.05, 4.69) is 47.0 Å². The van der Waals surface area contributed by atoms with Gasteiger partial charge in [0.1, 0.15) is 5.58 Å². The molecule has 5 nitrogen and oxygen atoms in total. The summed E-state index contributed by atoms with van der Waals surface area (Å²) in [6.07, 6.45) is 0. The minimum absolute atomic E-state index is 0.621. The molecule has 0 spiro atoms. The van der Waals surface area contributed by atoms with Gasteiger partial charge in [0.15, 0.2) is 17.5 Å². The fourth-order valence-electron chi connectivity index (χ4n) is 5.40. The Hall–Kier alpha value is -5.55. The van der Waals surface area contributed by atoms with Crippen LogP contribution in [0.15, 0.2) is 138 Å². The van der Waals surface area contributed by atoms with Crippen LogP contribution in [0.25, 0.3) is 72.8 Å². The molecular weight excluding hydrogens is 492 g/mol. The van der Waals surface area contributed by atoms with Crippen LogP contribution in [0.3, 0.4) is 0 Å². The number of para-hydroxylation sites is 2. The third-order valence-electron chi connectivity index (χ3n) is 7.26. The highest BCUT2D eigenvalue weighted by Crippen LogP contribution is 2.40. The van der Waals surface area contributed by atoms with Gasteiger partial charge in [0.05, 0.1) is 10.9 Å². The maximum absolute atomic E-state index is 6.51. The Bertz CT molecular complexity index is 2090. The minimum atomic E-state index is 0.621. The van der Waals surface area contributed by atoms with Gasteiger partial charge >= 0.3 is 0 Å². The van der Waals surface area contributed by atoms with E-state index in [1.807, 2.05) is 91.0 Å². The predicted molar refractivity (Wildman–Crippen MR) is 160 cm³/mol. The fourth-order valence-corrected chi connectivity index (χ4v) is 5.40. The molecule has 3 heterocycles. The van der Waals surface area contributed by atoms with Crippen molar-refractivity contribution in [2.75, 3.05) is 0 Å². The SMILES string of the molecule is c1ccc(-c2nc(-c3ccccc3)nc(-c3ccc4oc5c(c4c3)c3ccccc3n5-c3ccccc3)n2)cc1. The lowest BCUT2D eigenvalue weighted by molar-refractivity contribution is 0.645. The molecule has 0 bridgehead atoms. The number of fused-ring (bicyclic) bond motifs is 5. The van der Waals surface area contributed by atoms with Gasteiger partial charge in [-0.25, -0.2) is 15.0 Å².